The molecule has 0 fully saturated rings. The van der Waals surface area contributed by atoms with Gasteiger partial charge in [0.05, 0.1) is 11.1 Å². The van der Waals surface area contributed by atoms with Gasteiger partial charge in [-0.25, -0.2) is 19.2 Å². The summed E-state index contributed by atoms with van der Waals surface area (Å²) in [6.45, 7) is 0. The Morgan fingerprint density at radius 1 is 0.654 bits per heavy atom. The van der Waals surface area contributed by atoms with E-state index < -0.39 is 46.2 Å². The lowest BCUT2D eigenvalue weighted by atomic mass is 10.1. The molecule has 26 heavy (non-hydrogen) atoms. The molecule has 0 aliphatic carbocycles. The minimum absolute atomic E-state index is 0.312. The van der Waals surface area contributed by atoms with Crippen molar-refractivity contribution in [3.63, 3.8) is 0 Å². The number of aromatic carboxylic acids is 4. The van der Waals surface area contributed by atoms with Gasteiger partial charge in [-0.2, -0.15) is 0 Å². The largest absolute Gasteiger partial charge is 0.606 e. The van der Waals surface area contributed by atoms with Crippen LogP contribution in [0.4, 0.5) is 0 Å². The molecular weight excluding hydrogens is 368 g/mol. The van der Waals surface area contributed by atoms with E-state index in [-0.39, 0.29) is 20.9 Å². The first kappa shape index (κ1) is 19.0. The molecule has 134 valence electrons. The molecule has 2 rings (SSSR count). The Bertz CT molecular complexity index is 860. The fraction of sp³-hybridized carbons (Fsp3) is 0. The Morgan fingerprint density at radius 3 is 1.27 bits per heavy atom. The summed E-state index contributed by atoms with van der Waals surface area (Å²) in [5.74, 6) is -5.87. The van der Waals surface area contributed by atoms with E-state index in [0.717, 1.165) is 36.4 Å². The highest BCUT2D eigenvalue weighted by atomic mass is 32.2. The average molecular weight is 378 g/mol. The molecule has 0 aromatic heterocycles. The lowest BCUT2D eigenvalue weighted by Crippen LogP contribution is -2.15. The zero-order chi connectivity index (χ0) is 19.6. The van der Waals surface area contributed by atoms with Crippen LogP contribution in [0.25, 0.3) is 0 Å². The average Bonchev–Trinajstić information content (AvgIpc) is 2.59. The van der Waals surface area contributed by atoms with Gasteiger partial charge in [-0.1, -0.05) is 0 Å². The van der Waals surface area contributed by atoms with Gasteiger partial charge in [0.2, 0.25) is 0 Å². The lowest BCUT2D eigenvalue weighted by molar-refractivity contribution is 0.0674. The van der Waals surface area contributed by atoms with E-state index in [1.165, 1.54) is 0 Å². The van der Waals surface area contributed by atoms with Crippen molar-refractivity contribution in [1.29, 1.82) is 0 Å². The van der Waals surface area contributed by atoms with Crippen molar-refractivity contribution >= 4 is 35.1 Å². The quantitative estimate of drug-likeness (QED) is 0.545. The molecular formula is C16H10O9S. The van der Waals surface area contributed by atoms with Gasteiger partial charge in [0.15, 0.2) is 9.79 Å². The van der Waals surface area contributed by atoms with E-state index in [9.17, 15) is 33.9 Å². The predicted octanol–water partition coefficient (Wildman–Crippen LogP) is 1.65. The van der Waals surface area contributed by atoms with Crippen molar-refractivity contribution in [2.24, 2.45) is 0 Å². The first-order chi connectivity index (χ1) is 12.1. The Labute approximate surface area is 148 Å². The monoisotopic (exact) mass is 378 g/mol. The maximum atomic E-state index is 12.7. The van der Waals surface area contributed by atoms with Gasteiger partial charge in [0.1, 0.15) is 11.1 Å². The van der Waals surface area contributed by atoms with Crippen LogP contribution in [0.15, 0.2) is 46.2 Å². The molecule has 9 nitrogen and oxygen atoms in total. The maximum Gasteiger partial charge on any atom is 0.340 e. The number of carbonyl (C=O) groups is 4. The van der Waals surface area contributed by atoms with E-state index in [4.69, 9.17) is 10.2 Å². The van der Waals surface area contributed by atoms with Crippen LogP contribution in [0.3, 0.4) is 0 Å². The third kappa shape index (κ3) is 3.66. The Balaban J connectivity index is 2.64. The first-order valence-electron chi connectivity index (χ1n) is 6.76. The topological polar surface area (TPSA) is 172 Å². The van der Waals surface area contributed by atoms with Crippen molar-refractivity contribution < 1.29 is 44.2 Å². The van der Waals surface area contributed by atoms with E-state index in [1.807, 2.05) is 0 Å². The summed E-state index contributed by atoms with van der Waals surface area (Å²) in [5, 5.41) is 36.4. The third-order valence-corrected chi connectivity index (χ3v) is 4.82. The maximum absolute atomic E-state index is 12.7. The van der Waals surface area contributed by atoms with Crippen LogP contribution < -0.4 is 0 Å². The summed E-state index contributed by atoms with van der Waals surface area (Å²) < 4.78 is 12.7. The van der Waals surface area contributed by atoms with Crippen LogP contribution in [0, 0.1) is 0 Å². The van der Waals surface area contributed by atoms with Gasteiger partial charge in [-0.3, -0.25) is 0 Å². The fourth-order valence-electron chi connectivity index (χ4n) is 2.10. The van der Waals surface area contributed by atoms with E-state index in [0.29, 0.717) is 0 Å². The standard InChI is InChI=1S/C16H10O9S/c17-13(18)7-1-3-11(9(5-7)15(21)22)26(25)12-4-2-8(14(19)20)6-10(12)16(23)24/h1-6H,(H,17,18)(H,19,20)(H,21,22)(H,23,24). The van der Waals surface area contributed by atoms with Gasteiger partial charge in [-0.05, 0) is 36.4 Å². The van der Waals surface area contributed by atoms with Gasteiger partial charge < -0.3 is 25.0 Å². The molecule has 0 amide bonds. The molecule has 0 bridgehead atoms. The number of rotatable bonds is 6. The third-order valence-electron chi connectivity index (χ3n) is 3.31. The normalized spacial score (nSPS) is 10.5. The van der Waals surface area contributed by atoms with Crippen LogP contribution in [0.1, 0.15) is 41.4 Å². The van der Waals surface area contributed by atoms with Gasteiger partial charge >= 0.3 is 23.9 Å². The molecule has 10 heteroatoms. The molecule has 0 aliphatic rings. The van der Waals surface area contributed by atoms with Crippen molar-refractivity contribution in [1.82, 2.24) is 0 Å². The SMILES string of the molecule is O=C(O)c1ccc([S+]([O-])c2ccc(C(=O)O)cc2C(=O)O)c(C(=O)O)c1. The molecule has 2 aromatic carbocycles. The van der Waals surface area contributed by atoms with Crippen LogP contribution in [-0.4, -0.2) is 48.9 Å². The summed E-state index contributed by atoms with van der Waals surface area (Å²) >= 11 is -2.30. The zero-order valence-corrected chi connectivity index (χ0v) is 13.5. The van der Waals surface area contributed by atoms with Crippen molar-refractivity contribution in [2.45, 2.75) is 9.79 Å². The minimum atomic E-state index is -2.30. The second-order valence-electron chi connectivity index (χ2n) is 4.91. The second kappa shape index (κ2) is 7.25. The summed E-state index contributed by atoms with van der Waals surface area (Å²) in [6, 6.07) is 5.72. The summed E-state index contributed by atoms with van der Waals surface area (Å²) in [7, 11) is 0. The molecule has 4 N–H and O–H groups in total. The highest BCUT2D eigenvalue weighted by Gasteiger charge is 2.29. The molecule has 0 radical (unpaired) electrons. The van der Waals surface area contributed by atoms with Crippen molar-refractivity contribution in [3.8, 4) is 0 Å². The number of carboxylic acids is 4. The van der Waals surface area contributed by atoms with E-state index in [2.05, 4.69) is 0 Å². The minimum Gasteiger partial charge on any atom is -0.606 e. The molecule has 0 aliphatic heterocycles. The number of benzene rings is 2. The smallest absolute Gasteiger partial charge is 0.340 e. The van der Waals surface area contributed by atoms with E-state index >= 15 is 0 Å². The van der Waals surface area contributed by atoms with Crippen LogP contribution in [-0.2, 0) is 11.2 Å². The number of hydrogen-bond donors (Lipinski definition) is 4. The van der Waals surface area contributed by atoms with Gasteiger partial charge in [0.25, 0.3) is 0 Å². The Hall–Kier alpha value is -3.37. The number of carboxylic acid groups (broad SMARTS) is 4. The zero-order valence-electron chi connectivity index (χ0n) is 12.7. The van der Waals surface area contributed by atoms with Gasteiger partial charge in [0, 0.05) is 11.2 Å². The molecule has 0 saturated heterocycles. The summed E-state index contributed by atoms with van der Waals surface area (Å²) in [4.78, 5) is 44.1. The molecule has 0 spiro atoms. The van der Waals surface area contributed by atoms with Crippen LogP contribution >= 0.6 is 0 Å². The molecule has 0 saturated carbocycles. The Morgan fingerprint density at radius 2 is 1.00 bits per heavy atom. The van der Waals surface area contributed by atoms with E-state index in [1.54, 1.807) is 0 Å². The lowest BCUT2D eigenvalue weighted by Gasteiger charge is -2.14. The summed E-state index contributed by atoms with van der Waals surface area (Å²) in [6.07, 6.45) is 0. The van der Waals surface area contributed by atoms with Crippen molar-refractivity contribution in [3.05, 3.63) is 58.7 Å². The van der Waals surface area contributed by atoms with Crippen LogP contribution in [0.2, 0.25) is 0 Å². The molecule has 0 heterocycles. The highest BCUT2D eigenvalue weighted by Crippen LogP contribution is 2.28. The Kier molecular flexibility index (Phi) is 5.29. The highest BCUT2D eigenvalue weighted by molar-refractivity contribution is 7.91. The molecule has 2 aromatic rings. The second-order valence-corrected chi connectivity index (χ2v) is 6.33. The van der Waals surface area contributed by atoms with Gasteiger partial charge in [-0.15, -0.1) is 0 Å². The molecule has 0 atom stereocenters. The molecule has 0 unspecified atom stereocenters. The van der Waals surface area contributed by atoms with Crippen LogP contribution in [0.5, 0.6) is 0 Å². The number of hydrogen-bond acceptors (Lipinski definition) is 5. The fourth-order valence-corrected chi connectivity index (χ4v) is 3.41. The predicted molar refractivity (Wildman–Crippen MR) is 85.4 cm³/mol. The first-order valence-corrected chi connectivity index (χ1v) is 7.91. The summed E-state index contributed by atoms with van der Waals surface area (Å²) in [5.41, 5.74) is -1.82. The van der Waals surface area contributed by atoms with Crippen molar-refractivity contribution in [2.75, 3.05) is 0 Å².